The van der Waals surface area contributed by atoms with Gasteiger partial charge in [0.1, 0.15) is 11.8 Å². The van der Waals surface area contributed by atoms with Crippen molar-refractivity contribution in [3.8, 4) is 5.75 Å². The highest BCUT2D eigenvalue weighted by Gasteiger charge is 2.32. The smallest absolute Gasteiger partial charge is 0.261 e. The predicted octanol–water partition coefficient (Wildman–Crippen LogP) is 7.22. The molecular weight excluding hydrogens is 531 g/mol. The average Bonchev–Trinajstić information content (AvgIpc) is 2.90. The lowest BCUT2D eigenvalue weighted by Crippen LogP contribution is -2.53. The Morgan fingerprint density at radius 3 is 2.15 bits per heavy atom. The highest BCUT2D eigenvalue weighted by Crippen LogP contribution is 2.31. The average molecular weight is 570 g/mol. The Kier molecular flexibility index (Phi) is 10.8. The summed E-state index contributed by atoms with van der Waals surface area (Å²) in [6.45, 7) is 10.1. The van der Waals surface area contributed by atoms with E-state index in [-0.39, 0.29) is 36.4 Å². The molecule has 1 N–H and O–H groups in total. The third-order valence-corrected chi connectivity index (χ3v) is 7.42. The van der Waals surface area contributed by atoms with Gasteiger partial charge in [-0.1, -0.05) is 105 Å². The van der Waals surface area contributed by atoms with Gasteiger partial charge in [0.2, 0.25) is 5.91 Å². The van der Waals surface area contributed by atoms with E-state index in [4.69, 9.17) is 27.9 Å². The Morgan fingerprint density at radius 2 is 1.54 bits per heavy atom. The molecule has 2 atom stereocenters. The minimum Gasteiger partial charge on any atom is -0.483 e. The van der Waals surface area contributed by atoms with Crippen molar-refractivity contribution in [3.05, 3.63) is 99.5 Å². The zero-order valence-electron chi connectivity index (χ0n) is 23.3. The lowest BCUT2D eigenvalue weighted by Gasteiger charge is -2.33. The molecule has 0 saturated heterocycles. The molecule has 0 aromatic heterocycles. The third kappa shape index (κ3) is 8.48. The number of para-hydroxylation sites is 1. The van der Waals surface area contributed by atoms with E-state index in [0.717, 1.165) is 17.5 Å². The van der Waals surface area contributed by atoms with Gasteiger partial charge in [0.15, 0.2) is 6.61 Å². The normalized spacial score (nSPS) is 12.9. The van der Waals surface area contributed by atoms with E-state index in [1.807, 2.05) is 68.4 Å². The molecule has 0 aliphatic rings. The summed E-state index contributed by atoms with van der Waals surface area (Å²) in [6, 6.07) is 21.7. The number of amides is 2. The second-order valence-corrected chi connectivity index (χ2v) is 11.6. The Bertz CT molecular complexity index is 1240. The predicted molar refractivity (Wildman–Crippen MR) is 159 cm³/mol. The molecule has 0 spiro atoms. The van der Waals surface area contributed by atoms with E-state index in [1.165, 1.54) is 4.90 Å². The monoisotopic (exact) mass is 568 g/mol. The first kappa shape index (κ1) is 30.5. The minimum absolute atomic E-state index is 0.0495. The van der Waals surface area contributed by atoms with E-state index in [0.29, 0.717) is 27.8 Å². The molecule has 7 heteroatoms. The quantitative estimate of drug-likeness (QED) is 0.265. The van der Waals surface area contributed by atoms with Crippen LogP contribution < -0.4 is 10.1 Å². The number of nitrogens with one attached hydrogen (secondary N) is 1. The van der Waals surface area contributed by atoms with Crippen LogP contribution in [0.25, 0.3) is 0 Å². The summed E-state index contributed by atoms with van der Waals surface area (Å²) in [7, 11) is 0. The maximum atomic E-state index is 13.9. The summed E-state index contributed by atoms with van der Waals surface area (Å²) >= 11 is 13.0. The third-order valence-electron chi connectivity index (χ3n) is 6.71. The van der Waals surface area contributed by atoms with Gasteiger partial charge in [-0.05, 0) is 48.1 Å². The molecule has 3 rings (SSSR count). The number of carbonyl (C=O) groups is 2. The van der Waals surface area contributed by atoms with Gasteiger partial charge in [0.25, 0.3) is 5.91 Å². The molecular formula is C32H38Cl2N2O3. The van der Waals surface area contributed by atoms with Crippen LogP contribution in [-0.2, 0) is 28.0 Å². The zero-order chi connectivity index (χ0) is 28.6. The van der Waals surface area contributed by atoms with Crippen LogP contribution in [0.4, 0.5) is 0 Å². The van der Waals surface area contributed by atoms with Crippen molar-refractivity contribution in [1.29, 1.82) is 0 Å². The molecule has 0 saturated carbocycles. The van der Waals surface area contributed by atoms with Gasteiger partial charge < -0.3 is 15.0 Å². The molecule has 0 aliphatic heterocycles. The first-order chi connectivity index (χ1) is 18.5. The lowest BCUT2D eigenvalue weighted by molar-refractivity contribution is -0.143. The first-order valence-electron chi connectivity index (χ1n) is 13.3. The highest BCUT2D eigenvalue weighted by atomic mass is 35.5. The second-order valence-electron chi connectivity index (χ2n) is 10.8. The van der Waals surface area contributed by atoms with Gasteiger partial charge >= 0.3 is 0 Å². The van der Waals surface area contributed by atoms with Crippen LogP contribution in [-0.4, -0.2) is 35.4 Å². The van der Waals surface area contributed by atoms with E-state index < -0.39 is 6.04 Å². The fourth-order valence-electron chi connectivity index (χ4n) is 4.28. The summed E-state index contributed by atoms with van der Waals surface area (Å²) in [5, 5.41) is 3.92. The summed E-state index contributed by atoms with van der Waals surface area (Å²) in [5.74, 6) is 0.0625. The second kappa shape index (κ2) is 13.9. The SMILES string of the molecule is CC[C@H](C)NC(=O)[C@@H](Cc1ccccc1)N(Cc1c(Cl)cccc1Cl)C(=O)COc1ccccc1C(C)(C)C. The molecule has 0 bridgehead atoms. The van der Waals surface area contributed by atoms with Crippen LogP contribution in [0.5, 0.6) is 5.75 Å². The maximum absolute atomic E-state index is 13.9. The van der Waals surface area contributed by atoms with Gasteiger partial charge in [0, 0.05) is 34.6 Å². The minimum atomic E-state index is -0.803. The van der Waals surface area contributed by atoms with Crippen molar-refractivity contribution in [1.82, 2.24) is 10.2 Å². The van der Waals surface area contributed by atoms with Crippen LogP contribution in [0.3, 0.4) is 0 Å². The summed E-state index contributed by atoms with van der Waals surface area (Å²) < 4.78 is 6.10. The van der Waals surface area contributed by atoms with E-state index in [2.05, 4.69) is 26.1 Å². The summed E-state index contributed by atoms with van der Waals surface area (Å²) in [4.78, 5) is 29.1. The Labute approximate surface area is 242 Å². The number of rotatable bonds is 11. The molecule has 5 nitrogen and oxygen atoms in total. The number of hydrogen-bond donors (Lipinski definition) is 1. The van der Waals surface area contributed by atoms with Crippen molar-refractivity contribution in [2.24, 2.45) is 0 Å². The molecule has 0 fully saturated rings. The van der Waals surface area contributed by atoms with E-state index in [1.54, 1.807) is 18.2 Å². The van der Waals surface area contributed by atoms with Crippen molar-refractivity contribution in [2.45, 2.75) is 71.5 Å². The van der Waals surface area contributed by atoms with Crippen LogP contribution >= 0.6 is 23.2 Å². The van der Waals surface area contributed by atoms with Gasteiger partial charge in [-0.3, -0.25) is 9.59 Å². The lowest BCUT2D eigenvalue weighted by atomic mass is 9.86. The van der Waals surface area contributed by atoms with Gasteiger partial charge in [-0.25, -0.2) is 0 Å². The number of hydrogen-bond acceptors (Lipinski definition) is 3. The number of benzene rings is 3. The van der Waals surface area contributed by atoms with Gasteiger partial charge in [-0.15, -0.1) is 0 Å². The molecule has 2 amide bonds. The Balaban J connectivity index is 2.00. The Hall–Kier alpha value is -3.02. The van der Waals surface area contributed by atoms with Crippen LogP contribution in [0, 0.1) is 0 Å². The largest absolute Gasteiger partial charge is 0.483 e. The van der Waals surface area contributed by atoms with Crippen molar-refractivity contribution in [2.75, 3.05) is 6.61 Å². The zero-order valence-corrected chi connectivity index (χ0v) is 24.9. The Morgan fingerprint density at radius 1 is 0.923 bits per heavy atom. The van der Waals surface area contributed by atoms with E-state index in [9.17, 15) is 9.59 Å². The molecule has 0 aliphatic carbocycles. The summed E-state index contributed by atoms with van der Waals surface area (Å²) in [5.41, 5.74) is 2.34. The van der Waals surface area contributed by atoms with Gasteiger partial charge in [0.05, 0.1) is 0 Å². The maximum Gasteiger partial charge on any atom is 0.261 e. The molecule has 39 heavy (non-hydrogen) atoms. The van der Waals surface area contributed by atoms with Crippen LogP contribution in [0.2, 0.25) is 10.0 Å². The molecule has 0 heterocycles. The van der Waals surface area contributed by atoms with Gasteiger partial charge in [-0.2, -0.15) is 0 Å². The van der Waals surface area contributed by atoms with E-state index >= 15 is 0 Å². The number of halogens is 2. The molecule has 208 valence electrons. The number of nitrogens with zero attached hydrogens (tertiary/aromatic N) is 1. The van der Waals surface area contributed by atoms with Crippen molar-refractivity contribution in [3.63, 3.8) is 0 Å². The standard InChI is InChI=1S/C32H38Cl2N2O3/c1-6-22(2)35-31(38)28(19-23-13-8-7-9-14-23)36(20-24-26(33)16-12-17-27(24)34)30(37)21-39-29-18-11-10-15-25(29)32(3,4)5/h7-18,22,28H,6,19-21H2,1-5H3,(H,35,38)/t22-,28+/m0/s1. The molecule has 0 radical (unpaired) electrons. The number of carbonyl (C=O) groups excluding carboxylic acids is 2. The molecule has 3 aromatic carbocycles. The molecule has 0 unspecified atom stereocenters. The highest BCUT2D eigenvalue weighted by molar-refractivity contribution is 6.36. The van der Waals surface area contributed by atoms with Crippen LogP contribution in [0.15, 0.2) is 72.8 Å². The van der Waals surface area contributed by atoms with Crippen molar-refractivity contribution >= 4 is 35.0 Å². The molecule has 3 aromatic rings. The van der Waals surface area contributed by atoms with Crippen LogP contribution in [0.1, 0.15) is 57.7 Å². The number of ether oxygens (including phenoxy) is 1. The topological polar surface area (TPSA) is 58.6 Å². The fourth-order valence-corrected chi connectivity index (χ4v) is 4.80. The fraction of sp³-hybridized carbons (Fsp3) is 0.375. The van der Waals surface area contributed by atoms with Crippen molar-refractivity contribution < 1.29 is 14.3 Å². The first-order valence-corrected chi connectivity index (χ1v) is 14.1. The summed E-state index contributed by atoms with van der Waals surface area (Å²) in [6.07, 6.45) is 1.09.